The van der Waals surface area contributed by atoms with E-state index in [9.17, 15) is 18.7 Å². The van der Waals surface area contributed by atoms with Crippen LogP contribution in [0.3, 0.4) is 0 Å². The molecule has 0 radical (unpaired) electrons. The van der Waals surface area contributed by atoms with Crippen LogP contribution in [-0.4, -0.2) is 29.4 Å². The Morgan fingerprint density at radius 1 is 1.20 bits per heavy atom. The third kappa shape index (κ3) is 3.88. The summed E-state index contributed by atoms with van der Waals surface area (Å²) in [6, 6.07) is 4.74. The molecule has 0 bridgehead atoms. The van der Waals surface area contributed by atoms with Gasteiger partial charge in [-0.2, -0.15) is 5.10 Å². The van der Waals surface area contributed by atoms with E-state index in [-0.39, 0.29) is 24.2 Å². The summed E-state index contributed by atoms with van der Waals surface area (Å²) in [5, 5.41) is 15.8. The number of fused-ring (bicyclic) bond motifs is 1. The number of halogens is 2. The van der Waals surface area contributed by atoms with E-state index in [4.69, 9.17) is 0 Å². The minimum absolute atomic E-state index is 0.150. The zero-order valence-corrected chi connectivity index (χ0v) is 16.9. The minimum Gasteiger partial charge on any atom is -0.381 e. The van der Waals surface area contributed by atoms with Crippen LogP contribution in [0.25, 0.3) is 10.2 Å². The van der Waals surface area contributed by atoms with Gasteiger partial charge in [-0.05, 0) is 18.6 Å². The number of benzene rings is 1. The van der Waals surface area contributed by atoms with Gasteiger partial charge in [-0.1, -0.05) is 19.4 Å². The first-order valence-corrected chi connectivity index (χ1v) is 10.2. The molecule has 0 aliphatic carbocycles. The molecule has 0 saturated carbocycles. The molecule has 0 saturated heterocycles. The molecule has 0 amide bonds. The summed E-state index contributed by atoms with van der Waals surface area (Å²) in [5.41, 5.74) is -2.38. The lowest BCUT2D eigenvalue weighted by molar-refractivity contribution is -0.00640. The Morgan fingerprint density at radius 3 is 2.73 bits per heavy atom. The highest BCUT2D eigenvalue weighted by atomic mass is 32.1. The van der Waals surface area contributed by atoms with Crippen molar-refractivity contribution in [3.05, 3.63) is 75.7 Å². The second-order valence-corrected chi connectivity index (χ2v) is 8.22. The molecule has 0 fully saturated rings. The first-order valence-electron chi connectivity index (χ1n) is 9.38. The highest BCUT2D eigenvalue weighted by Crippen LogP contribution is 2.29. The van der Waals surface area contributed by atoms with Crippen LogP contribution in [0.2, 0.25) is 0 Å². The Bertz CT molecular complexity index is 1240. The van der Waals surface area contributed by atoms with Gasteiger partial charge in [0.1, 0.15) is 34.7 Å². The Kier molecular flexibility index (Phi) is 5.44. The molecule has 7 nitrogen and oxygen atoms in total. The Balaban J connectivity index is 1.78. The van der Waals surface area contributed by atoms with Crippen molar-refractivity contribution in [1.82, 2.24) is 24.3 Å². The van der Waals surface area contributed by atoms with Gasteiger partial charge in [0.25, 0.3) is 5.56 Å². The lowest BCUT2D eigenvalue weighted by Crippen LogP contribution is -2.40. The molecule has 0 aliphatic rings. The van der Waals surface area contributed by atoms with Gasteiger partial charge in [-0.3, -0.25) is 9.36 Å². The van der Waals surface area contributed by atoms with Crippen LogP contribution in [0.1, 0.15) is 23.8 Å². The zero-order valence-electron chi connectivity index (χ0n) is 16.1. The fourth-order valence-electron chi connectivity index (χ4n) is 3.44. The molecule has 1 atom stereocenters. The van der Waals surface area contributed by atoms with E-state index in [2.05, 4.69) is 22.0 Å². The van der Waals surface area contributed by atoms with Gasteiger partial charge in [0.15, 0.2) is 0 Å². The molecule has 4 aromatic rings. The second kappa shape index (κ2) is 8.04. The molecule has 3 aromatic heterocycles. The maximum absolute atomic E-state index is 14.6. The van der Waals surface area contributed by atoms with Crippen molar-refractivity contribution in [2.45, 2.75) is 38.5 Å². The normalized spacial score (nSPS) is 13.6. The van der Waals surface area contributed by atoms with Crippen molar-refractivity contribution in [2.75, 3.05) is 0 Å². The Hall–Kier alpha value is -2.98. The summed E-state index contributed by atoms with van der Waals surface area (Å²) in [7, 11) is 0. The predicted molar refractivity (Wildman–Crippen MR) is 108 cm³/mol. The highest BCUT2D eigenvalue weighted by molar-refractivity contribution is 7.18. The molecule has 3 heterocycles. The van der Waals surface area contributed by atoms with Crippen molar-refractivity contribution < 1.29 is 13.9 Å². The number of rotatable bonds is 7. The van der Waals surface area contributed by atoms with E-state index in [0.29, 0.717) is 16.3 Å². The van der Waals surface area contributed by atoms with Crippen LogP contribution in [0.15, 0.2) is 48.0 Å². The fourth-order valence-corrected chi connectivity index (χ4v) is 4.53. The standard InChI is InChI=1S/C20H19F2N5O2S/c1-2-3-14-7-15-18(30-14)24-12-26(19(15)28)8-20(29,9-27-11-23-10-25-27)16-5-4-13(21)6-17(16)22/h4-7,10-12,29H,2-3,8-9H2,1H3. The smallest absolute Gasteiger partial charge is 0.262 e. The van der Waals surface area contributed by atoms with E-state index < -0.39 is 17.2 Å². The van der Waals surface area contributed by atoms with Crippen LogP contribution < -0.4 is 5.56 Å². The number of nitrogens with zero attached hydrogens (tertiary/aromatic N) is 5. The lowest BCUT2D eigenvalue weighted by atomic mass is 9.92. The molecule has 156 valence electrons. The van der Waals surface area contributed by atoms with Crippen LogP contribution in [0.4, 0.5) is 8.78 Å². The number of hydrogen-bond donors (Lipinski definition) is 1. The third-order valence-corrected chi connectivity index (χ3v) is 5.92. The molecule has 1 N–H and O–H groups in total. The quantitative estimate of drug-likeness (QED) is 0.486. The van der Waals surface area contributed by atoms with E-state index in [0.717, 1.165) is 23.8 Å². The summed E-state index contributed by atoms with van der Waals surface area (Å²) >= 11 is 1.46. The van der Waals surface area contributed by atoms with Crippen LogP contribution in [0.5, 0.6) is 0 Å². The van der Waals surface area contributed by atoms with Gasteiger partial charge in [0, 0.05) is 16.5 Å². The van der Waals surface area contributed by atoms with Crippen LogP contribution in [0, 0.1) is 11.6 Å². The SMILES string of the molecule is CCCc1cc2c(=O)n(CC(O)(Cn3cncn3)c3ccc(F)cc3F)cnc2s1. The molecule has 4 rings (SSSR count). The molecular weight excluding hydrogens is 412 g/mol. The van der Waals surface area contributed by atoms with Crippen molar-refractivity contribution >= 4 is 21.6 Å². The largest absolute Gasteiger partial charge is 0.381 e. The maximum Gasteiger partial charge on any atom is 0.262 e. The summed E-state index contributed by atoms with van der Waals surface area (Å²) in [4.78, 5) is 22.9. The minimum atomic E-state index is -1.90. The van der Waals surface area contributed by atoms with Gasteiger partial charge in [0.2, 0.25) is 0 Å². The Morgan fingerprint density at radius 2 is 2.03 bits per heavy atom. The molecular formula is C20H19F2N5O2S. The maximum atomic E-state index is 14.6. The Labute approximate surface area is 174 Å². The molecule has 0 spiro atoms. The van der Waals surface area contributed by atoms with Gasteiger partial charge < -0.3 is 5.11 Å². The predicted octanol–water partition coefficient (Wildman–Crippen LogP) is 2.87. The van der Waals surface area contributed by atoms with Crippen LogP contribution >= 0.6 is 11.3 Å². The van der Waals surface area contributed by atoms with Crippen LogP contribution in [-0.2, 0) is 25.1 Å². The number of aromatic nitrogens is 5. The average Bonchev–Trinajstić information content (AvgIpc) is 3.34. The summed E-state index contributed by atoms with van der Waals surface area (Å²) < 4.78 is 30.6. The van der Waals surface area contributed by atoms with E-state index >= 15 is 0 Å². The summed E-state index contributed by atoms with van der Waals surface area (Å²) in [5.74, 6) is -1.68. The molecule has 10 heteroatoms. The topological polar surface area (TPSA) is 85.8 Å². The van der Waals surface area contributed by atoms with Crippen molar-refractivity contribution in [3.8, 4) is 0 Å². The van der Waals surface area contributed by atoms with E-state index in [1.54, 1.807) is 0 Å². The third-order valence-electron chi connectivity index (χ3n) is 4.82. The highest BCUT2D eigenvalue weighted by Gasteiger charge is 2.34. The number of thiophene rings is 1. The molecule has 30 heavy (non-hydrogen) atoms. The summed E-state index contributed by atoms with van der Waals surface area (Å²) in [6.07, 6.45) is 5.78. The first kappa shape index (κ1) is 20.3. The number of aliphatic hydroxyl groups is 1. The fraction of sp³-hybridized carbons (Fsp3) is 0.300. The molecule has 1 unspecified atom stereocenters. The second-order valence-electron chi connectivity index (χ2n) is 7.11. The van der Waals surface area contributed by atoms with Crippen molar-refractivity contribution in [2.24, 2.45) is 0 Å². The van der Waals surface area contributed by atoms with E-state index in [1.165, 1.54) is 45.6 Å². The summed E-state index contributed by atoms with van der Waals surface area (Å²) in [6.45, 7) is 1.57. The average molecular weight is 431 g/mol. The monoisotopic (exact) mass is 431 g/mol. The lowest BCUT2D eigenvalue weighted by Gasteiger charge is -2.29. The van der Waals surface area contributed by atoms with Crippen molar-refractivity contribution in [1.29, 1.82) is 0 Å². The van der Waals surface area contributed by atoms with Gasteiger partial charge in [-0.15, -0.1) is 11.3 Å². The zero-order chi connectivity index (χ0) is 21.3. The number of aryl methyl sites for hydroxylation is 1. The first-order chi connectivity index (χ1) is 14.4. The van der Waals surface area contributed by atoms with Crippen molar-refractivity contribution in [3.63, 3.8) is 0 Å². The van der Waals surface area contributed by atoms with E-state index in [1.807, 2.05) is 6.07 Å². The molecule has 0 aliphatic heterocycles. The number of hydrogen-bond acceptors (Lipinski definition) is 6. The van der Waals surface area contributed by atoms with Gasteiger partial charge >= 0.3 is 0 Å². The molecule has 1 aromatic carbocycles. The van der Waals surface area contributed by atoms with Gasteiger partial charge in [-0.25, -0.2) is 23.4 Å². The van der Waals surface area contributed by atoms with Gasteiger partial charge in [0.05, 0.1) is 24.8 Å².